The number of nitrogens with one attached hydrogen (secondary N) is 1. The van der Waals surface area contributed by atoms with E-state index in [9.17, 15) is 4.79 Å². The average Bonchev–Trinajstić information content (AvgIpc) is 2.91. The molecule has 0 saturated carbocycles. The predicted octanol–water partition coefficient (Wildman–Crippen LogP) is 1.13. The lowest BCUT2D eigenvalue weighted by molar-refractivity contribution is -0.121. The van der Waals surface area contributed by atoms with Crippen molar-refractivity contribution in [3.05, 3.63) is 29.8 Å². The van der Waals surface area contributed by atoms with Crippen LogP contribution in [-0.2, 0) is 4.79 Å². The summed E-state index contributed by atoms with van der Waals surface area (Å²) in [4.78, 5) is 13.8. The molecule has 0 aliphatic carbocycles. The van der Waals surface area contributed by atoms with Gasteiger partial charge in [-0.1, -0.05) is 6.07 Å². The van der Waals surface area contributed by atoms with Crippen molar-refractivity contribution in [2.75, 3.05) is 25.0 Å². The van der Waals surface area contributed by atoms with Gasteiger partial charge in [-0.05, 0) is 31.2 Å². The number of nitriles is 1. The fourth-order valence-corrected chi connectivity index (χ4v) is 2.05. The molecule has 0 radical (unpaired) electrons. The van der Waals surface area contributed by atoms with E-state index in [0.29, 0.717) is 5.56 Å². The van der Waals surface area contributed by atoms with E-state index < -0.39 is 0 Å². The Kier molecular flexibility index (Phi) is 3.40. The Hall–Kier alpha value is -1.86. The first kappa shape index (κ1) is 11.6. The molecule has 1 atom stereocenters. The van der Waals surface area contributed by atoms with Gasteiger partial charge in [0.25, 0.3) is 0 Å². The van der Waals surface area contributed by atoms with Gasteiger partial charge in [0.1, 0.15) is 0 Å². The van der Waals surface area contributed by atoms with Gasteiger partial charge in [-0.25, -0.2) is 0 Å². The maximum absolute atomic E-state index is 12.1. The van der Waals surface area contributed by atoms with Crippen molar-refractivity contribution >= 4 is 11.6 Å². The summed E-state index contributed by atoms with van der Waals surface area (Å²) in [5.74, 6) is 0.177. The van der Waals surface area contributed by atoms with Crippen LogP contribution in [0.25, 0.3) is 0 Å². The van der Waals surface area contributed by atoms with Crippen LogP contribution in [0.3, 0.4) is 0 Å². The number of amides is 1. The zero-order chi connectivity index (χ0) is 12.3. The molecule has 0 bridgehead atoms. The number of nitrogens with zero attached hydrogens (tertiary/aromatic N) is 2. The molecule has 1 heterocycles. The zero-order valence-electron chi connectivity index (χ0n) is 9.81. The molecule has 1 aromatic rings. The van der Waals surface area contributed by atoms with Crippen molar-refractivity contribution < 1.29 is 4.79 Å². The summed E-state index contributed by atoms with van der Waals surface area (Å²) in [7, 11) is 1.76. The van der Waals surface area contributed by atoms with Gasteiger partial charge < -0.3 is 10.2 Å². The van der Waals surface area contributed by atoms with E-state index in [1.54, 1.807) is 30.1 Å². The second-order valence-corrected chi connectivity index (χ2v) is 4.25. The first-order valence-electron chi connectivity index (χ1n) is 5.71. The highest BCUT2D eigenvalue weighted by molar-refractivity contribution is 5.95. The van der Waals surface area contributed by atoms with Crippen molar-refractivity contribution in [3.8, 4) is 6.07 Å². The van der Waals surface area contributed by atoms with Gasteiger partial charge in [0, 0.05) is 19.3 Å². The number of carbonyl (C=O) groups excluding carboxylic acids is 1. The first-order chi connectivity index (χ1) is 8.22. The maximum Gasteiger partial charge on any atom is 0.231 e. The topological polar surface area (TPSA) is 56.1 Å². The third kappa shape index (κ3) is 2.45. The standard InChI is InChI=1S/C13H15N3O/c1-16(13(17)11-5-6-15-9-11)12-4-2-3-10(7-12)8-14/h2-4,7,11,15H,5-6,9H2,1H3. The van der Waals surface area contributed by atoms with Crippen molar-refractivity contribution in [3.63, 3.8) is 0 Å². The number of hydrogen-bond donors (Lipinski definition) is 1. The van der Waals surface area contributed by atoms with Gasteiger partial charge in [0.15, 0.2) is 0 Å². The fraction of sp³-hybridized carbons (Fsp3) is 0.385. The molecule has 88 valence electrons. The van der Waals surface area contributed by atoms with E-state index in [0.717, 1.165) is 25.2 Å². The van der Waals surface area contributed by atoms with Gasteiger partial charge in [0.2, 0.25) is 5.91 Å². The molecule has 2 rings (SSSR count). The van der Waals surface area contributed by atoms with Crippen molar-refractivity contribution in [1.82, 2.24) is 5.32 Å². The van der Waals surface area contributed by atoms with E-state index in [2.05, 4.69) is 11.4 Å². The van der Waals surface area contributed by atoms with Gasteiger partial charge in [-0.3, -0.25) is 4.79 Å². The maximum atomic E-state index is 12.1. The van der Waals surface area contributed by atoms with Gasteiger partial charge >= 0.3 is 0 Å². The van der Waals surface area contributed by atoms with E-state index >= 15 is 0 Å². The Morgan fingerprint density at radius 2 is 2.41 bits per heavy atom. The third-order valence-electron chi connectivity index (χ3n) is 3.10. The molecule has 1 fully saturated rings. The molecule has 1 amide bonds. The molecule has 17 heavy (non-hydrogen) atoms. The number of hydrogen-bond acceptors (Lipinski definition) is 3. The smallest absolute Gasteiger partial charge is 0.231 e. The molecular formula is C13H15N3O. The largest absolute Gasteiger partial charge is 0.316 e. The quantitative estimate of drug-likeness (QED) is 0.827. The Morgan fingerprint density at radius 3 is 3.06 bits per heavy atom. The Morgan fingerprint density at radius 1 is 1.59 bits per heavy atom. The molecule has 1 aromatic carbocycles. The summed E-state index contributed by atoms with van der Waals surface area (Å²) in [6.07, 6.45) is 0.890. The van der Waals surface area contributed by atoms with E-state index in [-0.39, 0.29) is 11.8 Å². The van der Waals surface area contributed by atoms with Crippen LogP contribution < -0.4 is 10.2 Å². The van der Waals surface area contributed by atoms with Crippen LogP contribution in [0.15, 0.2) is 24.3 Å². The first-order valence-corrected chi connectivity index (χ1v) is 5.71. The highest BCUT2D eigenvalue weighted by Crippen LogP contribution is 2.19. The molecule has 0 aromatic heterocycles. The predicted molar refractivity (Wildman–Crippen MR) is 65.5 cm³/mol. The van der Waals surface area contributed by atoms with Crippen LogP contribution in [0, 0.1) is 17.2 Å². The summed E-state index contributed by atoms with van der Waals surface area (Å²) >= 11 is 0. The van der Waals surface area contributed by atoms with E-state index in [1.807, 2.05) is 6.07 Å². The normalized spacial score (nSPS) is 18.7. The van der Waals surface area contributed by atoms with Gasteiger partial charge in [-0.15, -0.1) is 0 Å². The Balaban J connectivity index is 2.15. The van der Waals surface area contributed by atoms with Gasteiger partial charge in [0.05, 0.1) is 17.6 Å². The molecule has 0 spiro atoms. The van der Waals surface area contributed by atoms with Crippen LogP contribution in [0.4, 0.5) is 5.69 Å². The monoisotopic (exact) mass is 229 g/mol. The highest BCUT2D eigenvalue weighted by atomic mass is 16.2. The Labute approximate surface area is 101 Å². The van der Waals surface area contributed by atoms with E-state index in [1.165, 1.54) is 0 Å². The highest BCUT2D eigenvalue weighted by Gasteiger charge is 2.25. The van der Waals surface area contributed by atoms with Crippen molar-refractivity contribution in [2.24, 2.45) is 5.92 Å². The number of benzene rings is 1. The lowest BCUT2D eigenvalue weighted by Gasteiger charge is -2.20. The Bertz CT molecular complexity index is 458. The SMILES string of the molecule is CN(C(=O)C1CCNC1)c1cccc(C#N)c1. The zero-order valence-corrected chi connectivity index (χ0v) is 9.81. The summed E-state index contributed by atoms with van der Waals surface area (Å²) in [5.41, 5.74) is 1.35. The molecule has 1 aliphatic rings. The second kappa shape index (κ2) is 4.98. The molecular weight excluding hydrogens is 214 g/mol. The van der Waals surface area contributed by atoms with Crippen molar-refractivity contribution in [1.29, 1.82) is 5.26 Å². The molecule has 4 heteroatoms. The molecule has 1 unspecified atom stereocenters. The van der Waals surface area contributed by atoms with E-state index in [4.69, 9.17) is 5.26 Å². The fourth-order valence-electron chi connectivity index (χ4n) is 2.05. The van der Waals surface area contributed by atoms with Crippen LogP contribution in [0.5, 0.6) is 0 Å². The summed E-state index contributed by atoms with van der Waals surface area (Å²) in [5, 5.41) is 12.0. The minimum Gasteiger partial charge on any atom is -0.316 e. The lowest BCUT2D eigenvalue weighted by Crippen LogP contribution is -2.33. The number of rotatable bonds is 2. The third-order valence-corrected chi connectivity index (χ3v) is 3.10. The molecule has 1 saturated heterocycles. The average molecular weight is 229 g/mol. The lowest BCUT2D eigenvalue weighted by atomic mass is 10.1. The van der Waals surface area contributed by atoms with Crippen LogP contribution in [0.2, 0.25) is 0 Å². The minimum absolute atomic E-state index is 0.0609. The minimum atomic E-state index is 0.0609. The molecule has 1 N–H and O–H groups in total. The summed E-state index contributed by atoms with van der Waals surface area (Å²) in [6, 6.07) is 9.20. The van der Waals surface area contributed by atoms with Crippen LogP contribution in [-0.4, -0.2) is 26.0 Å². The van der Waals surface area contributed by atoms with Crippen LogP contribution >= 0.6 is 0 Å². The van der Waals surface area contributed by atoms with Crippen molar-refractivity contribution in [2.45, 2.75) is 6.42 Å². The number of carbonyl (C=O) groups is 1. The second-order valence-electron chi connectivity index (χ2n) is 4.25. The van der Waals surface area contributed by atoms with Crippen LogP contribution in [0.1, 0.15) is 12.0 Å². The van der Waals surface area contributed by atoms with Gasteiger partial charge in [-0.2, -0.15) is 5.26 Å². The number of anilines is 1. The summed E-state index contributed by atoms with van der Waals surface area (Å²) in [6.45, 7) is 1.66. The molecule has 4 nitrogen and oxygen atoms in total. The molecule has 1 aliphatic heterocycles. The summed E-state index contributed by atoms with van der Waals surface area (Å²) < 4.78 is 0.